The molecule has 1 amide bonds. The number of carbonyl (C=O) groups excluding carboxylic acids is 3. The number of carboxylic acids is 1. The van der Waals surface area contributed by atoms with E-state index < -0.39 is 12.0 Å². The molecule has 256 valence electrons. The molecular formula is C32H45ClN2O11. The zero-order chi connectivity index (χ0) is 33.0. The number of carboxylic acid groups (broad SMARTS) is 1. The minimum Gasteiger partial charge on any atom is -0.478 e. The number of halogens is 1. The van der Waals surface area contributed by atoms with Crippen molar-refractivity contribution in [1.29, 1.82) is 0 Å². The smallest absolute Gasteiger partial charge is 0.339 e. The van der Waals surface area contributed by atoms with Gasteiger partial charge in [-0.3, -0.25) is 9.59 Å². The molecule has 0 aromatic heterocycles. The Morgan fingerprint density at radius 1 is 0.761 bits per heavy atom. The summed E-state index contributed by atoms with van der Waals surface area (Å²) in [5.74, 6) is -0.961. The number of amides is 1. The lowest BCUT2D eigenvalue weighted by Crippen LogP contribution is -2.48. The van der Waals surface area contributed by atoms with Gasteiger partial charge in [-0.1, -0.05) is 30.7 Å². The Bertz CT molecular complexity index is 1220. The number of esters is 2. The lowest BCUT2D eigenvalue weighted by atomic mass is 10.0. The van der Waals surface area contributed by atoms with Crippen LogP contribution in [-0.2, 0) is 28.5 Å². The summed E-state index contributed by atoms with van der Waals surface area (Å²) < 4.78 is 29.4. The van der Waals surface area contributed by atoms with Crippen LogP contribution in [0.2, 0.25) is 0 Å². The molecule has 0 spiro atoms. The largest absolute Gasteiger partial charge is 0.478 e. The van der Waals surface area contributed by atoms with Crippen LogP contribution < -0.4 is 14.8 Å². The average Bonchev–Trinajstić information content (AvgIpc) is 3.10. The highest BCUT2D eigenvalue weighted by Crippen LogP contribution is 2.25. The van der Waals surface area contributed by atoms with Crippen LogP contribution in [0.3, 0.4) is 0 Å². The molecule has 2 N–H and O–H groups in total. The van der Waals surface area contributed by atoms with E-state index in [1.54, 1.807) is 47.4 Å². The monoisotopic (exact) mass is 668 g/mol. The first kappa shape index (κ1) is 40.1. The normalized spacial score (nSPS) is 16.9. The van der Waals surface area contributed by atoms with E-state index in [-0.39, 0.29) is 55.4 Å². The summed E-state index contributed by atoms with van der Waals surface area (Å²) in [5.41, 5.74) is 0.565. The second-order valence-corrected chi connectivity index (χ2v) is 9.96. The molecule has 2 aliphatic heterocycles. The van der Waals surface area contributed by atoms with Gasteiger partial charge >= 0.3 is 17.9 Å². The van der Waals surface area contributed by atoms with Gasteiger partial charge in [-0.05, 0) is 62.9 Å². The summed E-state index contributed by atoms with van der Waals surface area (Å²) in [6.07, 6.45) is 5.64. The first-order chi connectivity index (χ1) is 21.8. The lowest BCUT2D eigenvalue weighted by Gasteiger charge is -2.34. The van der Waals surface area contributed by atoms with Crippen LogP contribution in [0.1, 0.15) is 59.2 Å². The summed E-state index contributed by atoms with van der Waals surface area (Å²) in [7, 11) is 5.76. The van der Waals surface area contributed by atoms with Crippen molar-refractivity contribution >= 4 is 36.2 Å². The number of piperidine rings is 2. The van der Waals surface area contributed by atoms with Crippen molar-refractivity contribution in [3.63, 3.8) is 0 Å². The van der Waals surface area contributed by atoms with Crippen molar-refractivity contribution in [2.45, 2.75) is 50.6 Å². The van der Waals surface area contributed by atoms with Crippen molar-refractivity contribution < 1.29 is 52.7 Å². The third-order valence-electron chi connectivity index (χ3n) is 6.93. The fraction of sp³-hybridized carbons (Fsp3) is 0.500. The molecule has 2 saturated heterocycles. The van der Waals surface area contributed by atoms with Crippen LogP contribution in [0, 0.1) is 0 Å². The van der Waals surface area contributed by atoms with Gasteiger partial charge in [-0.15, -0.1) is 12.4 Å². The van der Waals surface area contributed by atoms with Crippen molar-refractivity contribution in [2.24, 2.45) is 0 Å². The van der Waals surface area contributed by atoms with E-state index in [1.807, 2.05) is 0 Å². The standard InChI is InChI=1S/C16H21NO5.C9H10O4.C7H13NO2.ClH/c1-20-11-22-14-9-4-3-7-12(14)15(18)17-10-6-5-8-13(17)16(19)21-2;1-12-6-13-8-5-3-2-4-7(8)9(10)11;1-10-7(9)6-4-2-3-5-8-6;/h3-4,7,9,13H,5-6,8,10-11H2,1-2H3;2-5H,6H2,1H3,(H,10,11);6,8H,2-5H2,1H3;1H/t13-;;6-;/m0.0./s1. The zero-order valence-electron chi connectivity index (χ0n) is 26.7. The molecule has 0 unspecified atom stereocenters. The highest BCUT2D eigenvalue weighted by molar-refractivity contribution is 5.99. The first-order valence-corrected chi connectivity index (χ1v) is 14.6. The molecule has 0 saturated carbocycles. The number of nitrogens with one attached hydrogen (secondary N) is 1. The summed E-state index contributed by atoms with van der Waals surface area (Å²) in [5, 5.41) is 11.8. The third-order valence-corrected chi connectivity index (χ3v) is 6.93. The Morgan fingerprint density at radius 2 is 1.30 bits per heavy atom. The molecule has 2 atom stereocenters. The van der Waals surface area contributed by atoms with Gasteiger partial charge in [0.1, 0.15) is 29.1 Å². The quantitative estimate of drug-likeness (QED) is 0.278. The number of para-hydroxylation sites is 2. The molecule has 0 radical (unpaired) electrons. The Labute approximate surface area is 275 Å². The molecular weight excluding hydrogens is 624 g/mol. The second-order valence-electron chi connectivity index (χ2n) is 9.96. The van der Waals surface area contributed by atoms with E-state index in [0.717, 1.165) is 32.2 Å². The fourth-order valence-corrected chi connectivity index (χ4v) is 4.69. The number of benzene rings is 2. The van der Waals surface area contributed by atoms with Crippen molar-refractivity contribution in [3.8, 4) is 11.5 Å². The molecule has 2 aliphatic rings. The minimum absolute atomic E-state index is 0. The van der Waals surface area contributed by atoms with E-state index in [1.165, 1.54) is 40.9 Å². The SMILES string of the molecule is COC(=O)[C@@H]1CCCCN1.COCOc1ccccc1C(=O)N1CCCC[C@H]1C(=O)OC.COCOc1ccccc1C(=O)O.Cl. The number of aromatic carboxylic acids is 1. The van der Waals surface area contributed by atoms with Gasteiger partial charge in [-0.2, -0.15) is 0 Å². The average molecular weight is 669 g/mol. The number of hydrogen-bond acceptors (Lipinski definition) is 11. The predicted molar refractivity (Wildman–Crippen MR) is 170 cm³/mol. The number of nitrogens with zero attached hydrogens (tertiary/aromatic N) is 1. The molecule has 46 heavy (non-hydrogen) atoms. The predicted octanol–water partition coefficient (Wildman–Crippen LogP) is 3.93. The molecule has 2 heterocycles. The number of rotatable bonds is 10. The van der Waals surface area contributed by atoms with Crippen LogP contribution >= 0.6 is 12.4 Å². The van der Waals surface area contributed by atoms with Crippen LogP contribution in [0.5, 0.6) is 11.5 Å². The third kappa shape index (κ3) is 12.8. The van der Waals surface area contributed by atoms with E-state index in [0.29, 0.717) is 30.0 Å². The zero-order valence-corrected chi connectivity index (χ0v) is 27.5. The molecule has 2 aromatic rings. The van der Waals surface area contributed by atoms with Crippen LogP contribution in [0.4, 0.5) is 0 Å². The van der Waals surface area contributed by atoms with Crippen LogP contribution in [-0.4, -0.2) is 101 Å². The van der Waals surface area contributed by atoms with Gasteiger partial charge < -0.3 is 43.7 Å². The molecule has 4 rings (SSSR count). The highest BCUT2D eigenvalue weighted by atomic mass is 35.5. The maximum absolute atomic E-state index is 12.8. The van der Waals surface area contributed by atoms with Crippen molar-refractivity contribution in [2.75, 3.05) is 55.1 Å². The van der Waals surface area contributed by atoms with Crippen LogP contribution in [0.15, 0.2) is 48.5 Å². The van der Waals surface area contributed by atoms with Gasteiger partial charge in [0.15, 0.2) is 13.6 Å². The lowest BCUT2D eigenvalue weighted by molar-refractivity contribution is -0.147. The Kier molecular flexibility index (Phi) is 19.7. The summed E-state index contributed by atoms with van der Waals surface area (Å²) in [4.78, 5) is 47.8. The van der Waals surface area contributed by atoms with Gasteiger partial charge in [-0.25, -0.2) is 9.59 Å². The van der Waals surface area contributed by atoms with Crippen molar-refractivity contribution in [3.05, 3.63) is 59.7 Å². The number of methoxy groups -OCH3 is 4. The molecule has 0 bridgehead atoms. The minimum atomic E-state index is -1.01. The Morgan fingerprint density at radius 3 is 1.83 bits per heavy atom. The van der Waals surface area contributed by atoms with Gasteiger partial charge in [0.05, 0.1) is 19.8 Å². The van der Waals surface area contributed by atoms with Crippen molar-refractivity contribution in [1.82, 2.24) is 10.2 Å². The van der Waals surface area contributed by atoms with E-state index >= 15 is 0 Å². The maximum Gasteiger partial charge on any atom is 0.339 e. The topological polar surface area (TPSA) is 159 Å². The molecule has 2 aromatic carbocycles. The number of ether oxygens (including phenoxy) is 6. The van der Waals surface area contributed by atoms with E-state index in [4.69, 9.17) is 24.1 Å². The number of hydrogen-bond donors (Lipinski definition) is 2. The van der Waals surface area contributed by atoms with E-state index in [9.17, 15) is 19.2 Å². The highest BCUT2D eigenvalue weighted by Gasteiger charge is 2.34. The fourth-order valence-electron chi connectivity index (χ4n) is 4.69. The molecule has 13 nitrogen and oxygen atoms in total. The molecule has 2 fully saturated rings. The van der Waals surface area contributed by atoms with Gasteiger partial charge in [0.25, 0.3) is 5.91 Å². The number of likely N-dealkylation sites (tertiary alicyclic amines) is 1. The maximum atomic E-state index is 12.8. The molecule has 0 aliphatic carbocycles. The Balaban J connectivity index is 0.000000375. The van der Waals surface area contributed by atoms with Gasteiger partial charge in [0.2, 0.25) is 0 Å². The second kappa shape index (κ2) is 22.6. The van der Waals surface area contributed by atoms with Gasteiger partial charge in [0, 0.05) is 20.8 Å². The summed E-state index contributed by atoms with van der Waals surface area (Å²) >= 11 is 0. The molecule has 14 heteroatoms. The summed E-state index contributed by atoms with van der Waals surface area (Å²) in [6.45, 7) is 1.59. The van der Waals surface area contributed by atoms with E-state index in [2.05, 4.69) is 14.8 Å². The first-order valence-electron chi connectivity index (χ1n) is 14.6. The number of carbonyl (C=O) groups is 4. The summed E-state index contributed by atoms with van der Waals surface area (Å²) in [6, 6.07) is 12.8. The Hall–Kier alpha value is -3.91. The van der Waals surface area contributed by atoms with Crippen LogP contribution in [0.25, 0.3) is 0 Å².